The smallest absolute Gasteiger partial charge is 0.304 e. The van der Waals surface area contributed by atoms with Crippen LogP contribution in [-0.2, 0) is 10.2 Å². The van der Waals surface area contributed by atoms with Crippen LogP contribution in [0.3, 0.4) is 0 Å². The second-order valence-corrected chi connectivity index (χ2v) is 4.51. The fourth-order valence-corrected chi connectivity index (χ4v) is 2.28. The zero-order chi connectivity index (χ0) is 13.3. The van der Waals surface area contributed by atoms with Crippen molar-refractivity contribution in [1.82, 2.24) is 0 Å². The number of methoxy groups -OCH3 is 2. The largest absolute Gasteiger partial charge is 0.493 e. The fraction of sp³-hybridized carbons (Fsp3) is 0.462. The predicted molar refractivity (Wildman–Crippen MR) is 62.7 cm³/mol. The van der Waals surface area contributed by atoms with Crippen molar-refractivity contribution in [2.75, 3.05) is 14.2 Å². The number of hydrogen-bond acceptors (Lipinski definition) is 3. The minimum Gasteiger partial charge on any atom is -0.493 e. The molecule has 0 radical (unpaired) electrons. The Morgan fingerprint density at radius 3 is 2.50 bits per heavy atom. The molecule has 0 aromatic heterocycles. The third-order valence-electron chi connectivity index (χ3n) is 3.40. The minimum atomic E-state index is -0.915. The highest BCUT2D eigenvalue weighted by Crippen LogP contribution is 2.53. The molecule has 1 aliphatic carbocycles. The number of hydrogen-bond donors (Lipinski definition) is 1. The third kappa shape index (κ3) is 2.00. The van der Waals surface area contributed by atoms with Crippen LogP contribution < -0.4 is 9.47 Å². The molecule has 1 N–H and O–H groups in total. The van der Waals surface area contributed by atoms with E-state index in [9.17, 15) is 9.18 Å². The summed E-state index contributed by atoms with van der Waals surface area (Å²) in [5.74, 6) is -1.09. The lowest BCUT2D eigenvalue weighted by atomic mass is 9.91. The summed E-state index contributed by atoms with van der Waals surface area (Å²) in [5, 5.41) is 8.89. The van der Waals surface area contributed by atoms with Crippen LogP contribution in [0, 0.1) is 5.82 Å². The second-order valence-electron chi connectivity index (χ2n) is 4.51. The number of halogens is 1. The van der Waals surface area contributed by atoms with E-state index in [2.05, 4.69) is 0 Å². The first-order valence-electron chi connectivity index (χ1n) is 5.67. The summed E-state index contributed by atoms with van der Waals surface area (Å²) in [6, 6.07) is 3.20. The zero-order valence-corrected chi connectivity index (χ0v) is 10.3. The van der Waals surface area contributed by atoms with Crippen LogP contribution in [-0.4, -0.2) is 25.3 Å². The molecule has 1 aromatic rings. The van der Waals surface area contributed by atoms with Gasteiger partial charge in [0, 0.05) is 5.41 Å². The molecule has 18 heavy (non-hydrogen) atoms. The van der Waals surface area contributed by atoms with E-state index in [0.29, 0.717) is 24.2 Å². The summed E-state index contributed by atoms with van der Waals surface area (Å²) in [7, 11) is 2.79. The van der Waals surface area contributed by atoms with Crippen LogP contribution in [0.1, 0.15) is 24.8 Å². The standard InChI is InChI=1S/C13H15FO4/c1-17-9-4-3-8(11(14)12(9)18-2)13(5-6-13)7-10(15)16/h3-4H,5-7H2,1-2H3,(H,15,16). The van der Waals surface area contributed by atoms with Crippen molar-refractivity contribution in [2.45, 2.75) is 24.7 Å². The van der Waals surface area contributed by atoms with Crippen LogP contribution in [0.15, 0.2) is 12.1 Å². The van der Waals surface area contributed by atoms with Gasteiger partial charge in [-0.2, -0.15) is 0 Å². The normalized spacial score (nSPS) is 16.2. The number of ether oxygens (including phenoxy) is 2. The van der Waals surface area contributed by atoms with Gasteiger partial charge in [-0.3, -0.25) is 4.79 Å². The molecule has 1 aromatic carbocycles. The molecule has 0 saturated heterocycles. The van der Waals surface area contributed by atoms with Crippen molar-refractivity contribution < 1.29 is 23.8 Å². The van der Waals surface area contributed by atoms with Crippen molar-refractivity contribution >= 4 is 5.97 Å². The second kappa shape index (κ2) is 4.48. The Morgan fingerprint density at radius 2 is 2.06 bits per heavy atom. The van der Waals surface area contributed by atoms with Crippen LogP contribution >= 0.6 is 0 Å². The summed E-state index contributed by atoms with van der Waals surface area (Å²) in [6.45, 7) is 0. The number of benzene rings is 1. The Morgan fingerprint density at radius 1 is 1.39 bits per heavy atom. The molecule has 4 nitrogen and oxygen atoms in total. The molecule has 0 heterocycles. The van der Waals surface area contributed by atoms with E-state index in [1.807, 2.05) is 0 Å². The van der Waals surface area contributed by atoms with E-state index in [-0.39, 0.29) is 12.2 Å². The fourth-order valence-electron chi connectivity index (χ4n) is 2.28. The zero-order valence-electron chi connectivity index (χ0n) is 10.3. The number of carboxylic acids is 1. The maximum Gasteiger partial charge on any atom is 0.304 e. The van der Waals surface area contributed by atoms with Crippen molar-refractivity contribution in [1.29, 1.82) is 0 Å². The topological polar surface area (TPSA) is 55.8 Å². The van der Waals surface area contributed by atoms with Crippen LogP contribution in [0.25, 0.3) is 0 Å². The molecule has 0 atom stereocenters. The highest BCUT2D eigenvalue weighted by atomic mass is 19.1. The number of rotatable bonds is 5. The number of carboxylic acid groups (broad SMARTS) is 1. The summed E-state index contributed by atoms with van der Waals surface area (Å²) in [4.78, 5) is 10.8. The molecular formula is C13H15FO4. The molecule has 0 bridgehead atoms. The number of aliphatic carboxylic acids is 1. The van der Waals surface area contributed by atoms with E-state index >= 15 is 0 Å². The van der Waals surface area contributed by atoms with Gasteiger partial charge in [-0.25, -0.2) is 4.39 Å². The Balaban J connectivity index is 2.44. The van der Waals surface area contributed by atoms with E-state index in [4.69, 9.17) is 14.6 Å². The van der Waals surface area contributed by atoms with Gasteiger partial charge in [0.05, 0.1) is 20.6 Å². The van der Waals surface area contributed by atoms with Crippen molar-refractivity contribution in [3.8, 4) is 11.5 Å². The first-order valence-corrected chi connectivity index (χ1v) is 5.67. The molecular weight excluding hydrogens is 239 g/mol. The third-order valence-corrected chi connectivity index (χ3v) is 3.40. The Bertz CT molecular complexity index is 480. The molecule has 0 spiro atoms. The highest BCUT2D eigenvalue weighted by molar-refractivity contribution is 5.70. The van der Waals surface area contributed by atoms with Gasteiger partial charge >= 0.3 is 5.97 Å². The lowest BCUT2D eigenvalue weighted by Crippen LogP contribution is -2.15. The molecule has 0 amide bonds. The predicted octanol–water partition coefficient (Wildman–Crippen LogP) is 2.35. The van der Waals surface area contributed by atoms with E-state index in [1.165, 1.54) is 14.2 Å². The number of carbonyl (C=O) groups is 1. The van der Waals surface area contributed by atoms with Gasteiger partial charge in [0.25, 0.3) is 0 Å². The Kier molecular flexibility index (Phi) is 3.15. The van der Waals surface area contributed by atoms with Gasteiger partial charge < -0.3 is 14.6 Å². The molecule has 0 unspecified atom stereocenters. The summed E-state index contributed by atoms with van der Waals surface area (Å²) >= 11 is 0. The highest BCUT2D eigenvalue weighted by Gasteiger charge is 2.48. The van der Waals surface area contributed by atoms with Crippen LogP contribution in [0.2, 0.25) is 0 Å². The molecule has 1 saturated carbocycles. The average Bonchev–Trinajstić information content (AvgIpc) is 3.08. The van der Waals surface area contributed by atoms with Crippen LogP contribution in [0.5, 0.6) is 11.5 Å². The Labute approximate surface area is 104 Å². The van der Waals surface area contributed by atoms with Crippen LogP contribution in [0.4, 0.5) is 4.39 Å². The van der Waals surface area contributed by atoms with Gasteiger partial charge in [-0.1, -0.05) is 6.07 Å². The van der Waals surface area contributed by atoms with Gasteiger partial charge in [0.1, 0.15) is 0 Å². The van der Waals surface area contributed by atoms with Crippen molar-refractivity contribution in [3.63, 3.8) is 0 Å². The van der Waals surface area contributed by atoms with E-state index in [1.54, 1.807) is 12.1 Å². The van der Waals surface area contributed by atoms with Gasteiger partial charge in [0.15, 0.2) is 17.3 Å². The molecule has 0 aliphatic heterocycles. The molecule has 2 rings (SSSR count). The van der Waals surface area contributed by atoms with Gasteiger partial charge in [0.2, 0.25) is 0 Å². The quantitative estimate of drug-likeness (QED) is 0.876. The summed E-state index contributed by atoms with van der Waals surface area (Å²) in [6.07, 6.45) is 1.32. The first-order chi connectivity index (χ1) is 8.54. The first kappa shape index (κ1) is 12.7. The summed E-state index contributed by atoms with van der Waals surface area (Å²) in [5.41, 5.74) is -0.169. The minimum absolute atomic E-state index is 0.0339. The lowest BCUT2D eigenvalue weighted by Gasteiger charge is -2.17. The lowest BCUT2D eigenvalue weighted by molar-refractivity contribution is -0.137. The molecule has 98 valence electrons. The molecule has 1 aliphatic rings. The SMILES string of the molecule is COc1ccc(C2(CC(=O)O)CC2)c(F)c1OC. The Hall–Kier alpha value is -1.78. The maximum atomic E-state index is 14.3. The van der Waals surface area contributed by atoms with Gasteiger partial charge in [-0.05, 0) is 24.5 Å². The monoisotopic (exact) mass is 254 g/mol. The molecule has 1 fully saturated rings. The van der Waals surface area contributed by atoms with Gasteiger partial charge in [-0.15, -0.1) is 0 Å². The summed E-state index contributed by atoms with van der Waals surface area (Å²) < 4.78 is 24.3. The van der Waals surface area contributed by atoms with Crippen molar-refractivity contribution in [2.24, 2.45) is 0 Å². The van der Waals surface area contributed by atoms with Crippen molar-refractivity contribution in [3.05, 3.63) is 23.5 Å². The van der Waals surface area contributed by atoms with E-state index < -0.39 is 17.2 Å². The average molecular weight is 254 g/mol. The van der Waals surface area contributed by atoms with E-state index in [0.717, 1.165) is 0 Å². The maximum absolute atomic E-state index is 14.3. The molecule has 5 heteroatoms.